The first-order valence-corrected chi connectivity index (χ1v) is 5.43. The number of ether oxygens (including phenoxy) is 1. The number of carbonyl (C=O) groups is 2. The van der Waals surface area contributed by atoms with E-state index in [9.17, 15) is 22.8 Å². The molecule has 1 rings (SSSR count). The number of amides is 2. The first kappa shape index (κ1) is 14.7. The molecule has 8 heteroatoms. The van der Waals surface area contributed by atoms with Crippen molar-refractivity contribution in [2.75, 3.05) is 20.2 Å². The lowest BCUT2D eigenvalue weighted by Crippen LogP contribution is -2.46. The van der Waals surface area contributed by atoms with Crippen molar-refractivity contribution in [3.63, 3.8) is 0 Å². The van der Waals surface area contributed by atoms with Crippen LogP contribution in [0.5, 0.6) is 0 Å². The van der Waals surface area contributed by atoms with E-state index in [1.54, 1.807) is 0 Å². The minimum absolute atomic E-state index is 0.00927. The SMILES string of the molecule is COC(C)C(=O)NC1CCN(CC(F)(F)F)C1=O. The predicted molar refractivity (Wildman–Crippen MR) is 55.7 cm³/mol. The van der Waals surface area contributed by atoms with Gasteiger partial charge in [0.15, 0.2) is 0 Å². The summed E-state index contributed by atoms with van der Waals surface area (Å²) < 4.78 is 41.2. The topological polar surface area (TPSA) is 58.6 Å². The summed E-state index contributed by atoms with van der Waals surface area (Å²) in [6.45, 7) is 0.199. The van der Waals surface area contributed by atoms with Crippen LogP contribution >= 0.6 is 0 Å². The molecule has 2 amide bonds. The van der Waals surface area contributed by atoms with Crippen molar-refractivity contribution in [2.45, 2.75) is 31.7 Å². The molecule has 1 aliphatic heterocycles. The molecule has 0 radical (unpaired) electrons. The average Bonchev–Trinajstić information content (AvgIpc) is 2.58. The Balaban J connectivity index is 2.52. The molecule has 1 heterocycles. The Labute approximate surface area is 102 Å². The Morgan fingerprint density at radius 2 is 2.22 bits per heavy atom. The van der Waals surface area contributed by atoms with Gasteiger partial charge in [0, 0.05) is 13.7 Å². The van der Waals surface area contributed by atoms with E-state index < -0.39 is 36.7 Å². The van der Waals surface area contributed by atoms with Gasteiger partial charge in [0.05, 0.1) is 0 Å². The normalized spacial score (nSPS) is 22.2. The van der Waals surface area contributed by atoms with Crippen LogP contribution in [0.2, 0.25) is 0 Å². The van der Waals surface area contributed by atoms with E-state index in [0.717, 1.165) is 0 Å². The summed E-state index contributed by atoms with van der Waals surface area (Å²) >= 11 is 0. The van der Waals surface area contributed by atoms with E-state index in [4.69, 9.17) is 4.74 Å². The van der Waals surface area contributed by atoms with Gasteiger partial charge in [-0.3, -0.25) is 9.59 Å². The van der Waals surface area contributed by atoms with Crippen LogP contribution in [0.15, 0.2) is 0 Å². The van der Waals surface area contributed by atoms with Gasteiger partial charge in [-0.1, -0.05) is 0 Å². The second kappa shape index (κ2) is 5.55. The van der Waals surface area contributed by atoms with E-state index in [1.807, 2.05) is 0 Å². The van der Waals surface area contributed by atoms with Gasteiger partial charge in [0.2, 0.25) is 11.8 Å². The number of halogens is 3. The first-order chi connectivity index (χ1) is 8.24. The molecule has 2 atom stereocenters. The van der Waals surface area contributed by atoms with Gasteiger partial charge in [-0.25, -0.2) is 0 Å². The van der Waals surface area contributed by atoms with Crippen molar-refractivity contribution in [1.29, 1.82) is 0 Å². The van der Waals surface area contributed by atoms with E-state index >= 15 is 0 Å². The molecular formula is C10H15F3N2O3. The van der Waals surface area contributed by atoms with Crippen molar-refractivity contribution in [1.82, 2.24) is 10.2 Å². The van der Waals surface area contributed by atoms with Crippen molar-refractivity contribution < 1.29 is 27.5 Å². The minimum atomic E-state index is -4.42. The van der Waals surface area contributed by atoms with Gasteiger partial charge >= 0.3 is 6.18 Å². The van der Waals surface area contributed by atoms with Crippen LogP contribution in [0.25, 0.3) is 0 Å². The maximum absolute atomic E-state index is 12.2. The molecule has 0 aromatic rings. The maximum atomic E-state index is 12.2. The van der Waals surface area contributed by atoms with Gasteiger partial charge in [0.25, 0.3) is 0 Å². The molecule has 0 bridgehead atoms. The van der Waals surface area contributed by atoms with Crippen LogP contribution in [0.4, 0.5) is 13.2 Å². The Morgan fingerprint density at radius 3 is 2.72 bits per heavy atom. The van der Waals surface area contributed by atoms with Crippen molar-refractivity contribution in [3.8, 4) is 0 Å². The fourth-order valence-corrected chi connectivity index (χ4v) is 1.64. The van der Waals surface area contributed by atoms with Crippen molar-refractivity contribution >= 4 is 11.8 Å². The third kappa shape index (κ3) is 3.86. The summed E-state index contributed by atoms with van der Waals surface area (Å²) in [6, 6.07) is -0.891. The van der Waals surface area contributed by atoms with Gasteiger partial charge < -0.3 is 15.0 Å². The van der Waals surface area contributed by atoms with Gasteiger partial charge in [-0.2, -0.15) is 13.2 Å². The highest BCUT2D eigenvalue weighted by molar-refractivity contribution is 5.90. The summed E-state index contributed by atoms with van der Waals surface area (Å²) in [6.07, 6.45) is -4.99. The molecule has 104 valence electrons. The van der Waals surface area contributed by atoms with Crippen LogP contribution in [0.1, 0.15) is 13.3 Å². The minimum Gasteiger partial charge on any atom is -0.372 e. The Kier molecular flexibility index (Phi) is 4.55. The fourth-order valence-electron chi connectivity index (χ4n) is 1.64. The van der Waals surface area contributed by atoms with Crippen LogP contribution in [-0.4, -0.2) is 55.2 Å². The van der Waals surface area contributed by atoms with Crippen LogP contribution in [0, 0.1) is 0 Å². The van der Waals surface area contributed by atoms with Crippen molar-refractivity contribution in [2.24, 2.45) is 0 Å². The Bertz CT molecular complexity index is 333. The lowest BCUT2D eigenvalue weighted by atomic mass is 10.2. The van der Waals surface area contributed by atoms with E-state index in [1.165, 1.54) is 14.0 Å². The highest BCUT2D eigenvalue weighted by Crippen LogP contribution is 2.20. The van der Waals surface area contributed by atoms with Gasteiger partial charge in [-0.15, -0.1) is 0 Å². The number of likely N-dealkylation sites (tertiary alicyclic amines) is 1. The number of nitrogens with one attached hydrogen (secondary N) is 1. The third-order valence-corrected chi connectivity index (χ3v) is 2.71. The number of hydrogen-bond donors (Lipinski definition) is 1. The number of carbonyl (C=O) groups excluding carboxylic acids is 2. The monoisotopic (exact) mass is 268 g/mol. The molecule has 0 saturated carbocycles. The fraction of sp³-hybridized carbons (Fsp3) is 0.800. The largest absolute Gasteiger partial charge is 0.406 e. The predicted octanol–water partition coefficient (Wildman–Crippen LogP) is 0.301. The second-order valence-electron chi connectivity index (χ2n) is 4.10. The zero-order valence-electron chi connectivity index (χ0n) is 10.1. The highest BCUT2D eigenvalue weighted by Gasteiger charge is 2.40. The summed E-state index contributed by atoms with van der Waals surface area (Å²) in [4.78, 5) is 23.7. The maximum Gasteiger partial charge on any atom is 0.406 e. The standard InChI is InChI=1S/C10H15F3N2O3/c1-6(18-2)8(16)14-7-3-4-15(9(7)17)5-10(11,12)13/h6-7H,3-5H2,1-2H3,(H,14,16). The summed E-state index contributed by atoms with van der Waals surface area (Å²) in [5.41, 5.74) is 0. The molecule has 0 aromatic heterocycles. The zero-order chi connectivity index (χ0) is 13.9. The zero-order valence-corrected chi connectivity index (χ0v) is 10.1. The van der Waals surface area contributed by atoms with E-state index in [2.05, 4.69) is 5.32 Å². The Morgan fingerprint density at radius 1 is 1.61 bits per heavy atom. The Hall–Kier alpha value is -1.31. The van der Waals surface area contributed by atoms with E-state index in [0.29, 0.717) is 4.90 Å². The smallest absolute Gasteiger partial charge is 0.372 e. The average molecular weight is 268 g/mol. The number of nitrogens with zero attached hydrogens (tertiary/aromatic N) is 1. The number of methoxy groups -OCH3 is 1. The lowest BCUT2D eigenvalue weighted by Gasteiger charge is -2.19. The number of hydrogen-bond acceptors (Lipinski definition) is 3. The second-order valence-corrected chi connectivity index (χ2v) is 4.10. The van der Waals surface area contributed by atoms with Crippen LogP contribution in [-0.2, 0) is 14.3 Å². The number of rotatable bonds is 4. The summed E-state index contributed by atoms with van der Waals surface area (Å²) in [7, 11) is 1.33. The molecule has 1 aliphatic rings. The molecule has 18 heavy (non-hydrogen) atoms. The molecular weight excluding hydrogens is 253 g/mol. The molecule has 0 spiro atoms. The molecule has 1 saturated heterocycles. The summed E-state index contributed by atoms with van der Waals surface area (Å²) in [5, 5.41) is 2.37. The highest BCUT2D eigenvalue weighted by atomic mass is 19.4. The molecule has 1 N–H and O–H groups in total. The van der Waals surface area contributed by atoms with Crippen LogP contribution in [0.3, 0.4) is 0 Å². The molecule has 0 aromatic carbocycles. The quantitative estimate of drug-likeness (QED) is 0.798. The van der Waals surface area contributed by atoms with Gasteiger partial charge in [0.1, 0.15) is 18.7 Å². The molecule has 2 unspecified atom stereocenters. The van der Waals surface area contributed by atoms with Crippen LogP contribution < -0.4 is 5.32 Å². The molecule has 1 fully saturated rings. The van der Waals surface area contributed by atoms with Crippen molar-refractivity contribution in [3.05, 3.63) is 0 Å². The molecule has 0 aliphatic carbocycles. The third-order valence-electron chi connectivity index (χ3n) is 2.71. The lowest BCUT2D eigenvalue weighted by molar-refractivity contribution is -0.158. The molecule has 5 nitrogen and oxygen atoms in total. The van der Waals surface area contributed by atoms with Gasteiger partial charge in [-0.05, 0) is 13.3 Å². The summed E-state index contributed by atoms with van der Waals surface area (Å²) in [5.74, 6) is -1.21. The number of alkyl halides is 3. The van der Waals surface area contributed by atoms with E-state index in [-0.39, 0.29) is 13.0 Å². The first-order valence-electron chi connectivity index (χ1n) is 5.43.